The zero-order valence-electron chi connectivity index (χ0n) is 8.63. The van der Waals surface area contributed by atoms with E-state index in [0.717, 1.165) is 0 Å². The third-order valence-electron chi connectivity index (χ3n) is 1.71. The molecule has 0 aromatic rings. The van der Waals surface area contributed by atoms with Crippen LogP contribution in [0.2, 0.25) is 0 Å². The van der Waals surface area contributed by atoms with E-state index in [4.69, 9.17) is 15.2 Å². The molecule has 4 heteroatoms. The Bertz CT molecular complexity index is 157. The predicted octanol–water partition coefficient (Wildman–Crippen LogP) is 0.694. The van der Waals surface area contributed by atoms with Crippen LogP contribution in [-0.4, -0.2) is 31.3 Å². The lowest BCUT2D eigenvalue weighted by Crippen LogP contribution is -2.47. The molecule has 0 saturated carbocycles. The summed E-state index contributed by atoms with van der Waals surface area (Å²) < 4.78 is 9.93. The van der Waals surface area contributed by atoms with Gasteiger partial charge in [-0.15, -0.1) is 0 Å². The molecule has 0 aromatic carbocycles. The maximum absolute atomic E-state index is 11.3. The first kappa shape index (κ1) is 12.4. The normalized spacial score (nSPS) is 15.1. The van der Waals surface area contributed by atoms with Crippen LogP contribution >= 0.6 is 0 Å². The first-order valence-electron chi connectivity index (χ1n) is 4.58. The molecule has 0 aliphatic heterocycles. The summed E-state index contributed by atoms with van der Waals surface area (Å²) in [6.45, 7) is 6.81. The van der Waals surface area contributed by atoms with Crippen LogP contribution < -0.4 is 5.73 Å². The summed E-state index contributed by atoms with van der Waals surface area (Å²) in [5.74, 6) is -0.366. The average Bonchev–Trinajstić information content (AvgIpc) is 2.05. The highest BCUT2D eigenvalue weighted by molar-refractivity contribution is 5.79. The molecule has 2 N–H and O–H groups in total. The fourth-order valence-electron chi connectivity index (χ4n) is 0.827. The Morgan fingerprint density at radius 1 is 1.38 bits per heavy atom. The largest absolute Gasteiger partial charge is 0.465 e. The highest BCUT2D eigenvalue weighted by atomic mass is 16.5. The van der Waals surface area contributed by atoms with Crippen LogP contribution in [0.3, 0.4) is 0 Å². The molecule has 0 heterocycles. The van der Waals surface area contributed by atoms with E-state index < -0.39 is 5.54 Å². The van der Waals surface area contributed by atoms with Gasteiger partial charge in [0.05, 0.1) is 6.61 Å². The fraction of sp³-hybridized carbons (Fsp3) is 0.889. The number of hydrogen-bond acceptors (Lipinski definition) is 4. The van der Waals surface area contributed by atoms with Gasteiger partial charge in [0.15, 0.2) is 0 Å². The van der Waals surface area contributed by atoms with Gasteiger partial charge in [0.2, 0.25) is 0 Å². The van der Waals surface area contributed by atoms with Crippen molar-refractivity contribution in [3.8, 4) is 0 Å². The molecule has 0 amide bonds. The number of carbonyl (C=O) groups is 1. The van der Waals surface area contributed by atoms with E-state index in [2.05, 4.69) is 0 Å². The second kappa shape index (κ2) is 5.94. The molecule has 0 aliphatic carbocycles. The Hall–Kier alpha value is -0.610. The average molecular weight is 189 g/mol. The molecule has 0 radical (unpaired) electrons. The van der Waals surface area contributed by atoms with Crippen molar-refractivity contribution in [2.75, 3.05) is 19.8 Å². The van der Waals surface area contributed by atoms with Crippen molar-refractivity contribution in [2.45, 2.75) is 32.7 Å². The van der Waals surface area contributed by atoms with Gasteiger partial charge >= 0.3 is 5.97 Å². The Morgan fingerprint density at radius 2 is 2.00 bits per heavy atom. The summed E-state index contributed by atoms with van der Waals surface area (Å²) in [4.78, 5) is 11.3. The standard InChI is InChI=1S/C9H19NO3/c1-4-12-7-6-9(3,10)8(11)13-5-2/h4-7,10H2,1-3H3. The van der Waals surface area contributed by atoms with Gasteiger partial charge < -0.3 is 15.2 Å². The molecule has 0 fully saturated rings. The van der Waals surface area contributed by atoms with Gasteiger partial charge in [0, 0.05) is 13.2 Å². The van der Waals surface area contributed by atoms with E-state index in [0.29, 0.717) is 26.2 Å². The maximum atomic E-state index is 11.3. The van der Waals surface area contributed by atoms with Crippen LogP contribution in [0.15, 0.2) is 0 Å². The molecular formula is C9H19NO3. The Balaban J connectivity index is 3.83. The summed E-state index contributed by atoms with van der Waals surface area (Å²) in [6, 6.07) is 0. The van der Waals surface area contributed by atoms with Crippen LogP contribution in [0.25, 0.3) is 0 Å². The second-order valence-electron chi connectivity index (χ2n) is 3.08. The van der Waals surface area contributed by atoms with Crippen molar-refractivity contribution in [3.05, 3.63) is 0 Å². The Morgan fingerprint density at radius 3 is 2.46 bits per heavy atom. The van der Waals surface area contributed by atoms with Gasteiger partial charge in [-0.05, 0) is 27.2 Å². The minimum absolute atomic E-state index is 0.361. The fourth-order valence-corrected chi connectivity index (χ4v) is 0.827. The first-order valence-corrected chi connectivity index (χ1v) is 4.58. The number of ether oxygens (including phenoxy) is 2. The van der Waals surface area contributed by atoms with Crippen LogP contribution in [0, 0.1) is 0 Å². The van der Waals surface area contributed by atoms with Crippen LogP contribution in [0.1, 0.15) is 27.2 Å². The van der Waals surface area contributed by atoms with Crippen molar-refractivity contribution in [1.82, 2.24) is 0 Å². The lowest BCUT2D eigenvalue weighted by atomic mass is 10.0. The van der Waals surface area contributed by atoms with Crippen LogP contribution in [-0.2, 0) is 14.3 Å². The van der Waals surface area contributed by atoms with Crippen molar-refractivity contribution < 1.29 is 14.3 Å². The number of carbonyl (C=O) groups excluding carboxylic acids is 1. The molecule has 0 bridgehead atoms. The highest BCUT2D eigenvalue weighted by Crippen LogP contribution is 2.08. The molecule has 0 rings (SSSR count). The summed E-state index contributed by atoms with van der Waals surface area (Å²) in [5.41, 5.74) is 4.81. The molecule has 4 nitrogen and oxygen atoms in total. The molecular weight excluding hydrogens is 170 g/mol. The minimum Gasteiger partial charge on any atom is -0.465 e. The van der Waals surface area contributed by atoms with Crippen molar-refractivity contribution in [1.29, 1.82) is 0 Å². The van der Waals surface area contributed by atoms with Gasteiger partial charge in [0.1, 0.15) is 5.54 Å². The lowest BCUT2D eigenvalue weighted by Gasteiger charge is -2.21. The van der Waals surface area contributed by atoms with Gasteiger partial charge in [0.25, 0.3) is 0 Å². The zero-order chi connectivity index (χ0) is 10.3. The number of esters is 1. The van der Waals surface area contributed by atoms with E-state index in [1.807, 2.05) is 6.92 Å². The SMILES string of the molecule is CCOCCC(C)(N)C(=O)OCC. The van der Waals surface area contributed by atoms with E-state index in [1.165, 1.54) is 0 Å². The van der Waals surface area contributed by atoms with E-state index >= 15 is 0 Å². The number of rotatable bonds is 6. The molecule has 1 unspecified atom stereocenters. The number of nitrogens with two attached hydrogens (primary N) is 1. The van der Waals surface area contributed by atoms with E-state index in [-0.39, 0.29) is 5.97 Å². The lowest BCUT2D eigenvalue weighted by molar-refractivity contribution is -0.149. The van der Waals surface area contributed by atoms with Crippen LogP contribution in [0.5, 0.6) is 0 Å². The second-order valence-corrected chi connectivity index (χ2v) is 3.08. The minimum atomic E-state index is -0.925. The van der Waals surface area contributed by atoms with Crippen molar-refractivity contribution in [3.63, 3.8) is 0 Å². The Kier molecular flexibility index (Phi) is 5.66. The Labute approximate surface area is 79.4 Å². The highest BCUT2D eigenvalue weighted by Gasteiger charge is 2.29. The van der Waals surface area contributed by atoms with E-state index in [9.17, 15) is 4.79 Å². The molecule has 0 aromatic heterocycles. The topological polar surface area (TPSA) is 61.5 Å². The molecule has 78 valence electrons. The molecule has 13 heavy (non-hydrogen) atoms. The molecule has 0 spiro atoms. The summed E-state index contributed by atoms with van der Waals surface area (Å²) in [7, 11) is 0. The zero-order valence-corrected chi connectivity index (χ0v) is 8.63. The van der Waals surface area contributed by atoms with Gasteiger partial charge in [-0.2, -0.15) is 0 Å². The molecule has 1 atom stereocenters. The van der Waals surface area contributed by atoms with Crippen molar-refractivity contribution >= 4 is 5.97 Å². The third-order valence-corrected chi connectivity index (χ3v) is 1.71. The van der Waals surface area contributed by atoms with Gasteiger partial charge in [-0.1, -0.05) is 0 Å². The number of hydrogen-bond donors (Lipinski definition) is 1. The van der Waals surface area contributed by atoms with Gasteiger partial charge in [-0.3, -0.25) is 4.79 Å². The first-order chi connectivity index (χ1) is 6.04. The van der Waals surface area contributed by atoms with Crippen molar-refractivity contribution in [2.24, 2.45) is 5.73 Å². The quantitative estimate of drug-likeness (QED) is 0.493. The molecule has 0 saturated heterocycles. The summed E-state index contributed by atoms with van der Waals surface area (Å²) >= 11 is 0. The smallest absolute Gasteiger partial charge is 0.325 e. The predicted molar refractivity (Wildman–Crippen MR) is 50.3 cm³/mol. The maximum Gasteiger partial charge on any atom is 0.325 e. The summed E-state index contributed by atoms with van der Waals surface area (Å²) in [5, 5.41) is 0. The van der Waals surface area contributed by atoms with Gasteiger partial charge in [-0.25, -0.2) is 0 Å². The van der Waals surface area contributed by atoms with Crippen LogP contribution in [0.4, 0.5) is 0 Å². The summed E-state index contributed by atoms with van der Waals surface area (Å²) in [6.07, 6.45) is 0.486. The third kappa shape index (κ3) is 4.85. The molecule has 0 aliphatic rings. The monoisotopic (exact) mass is 189 g/mol. The van der Waals surface area contributed by atoms with E-state index in [1.54, 1.807) is 13.8 Å².